The van der Waals surface area contributed by atoms with Crippen molar-refractivity contribution in [1.82, 2.24) is 29.7 Å². The predicted octanol–water partition coefficient (Wildman–Crippen LogP) is 3.30. The first-order chi connectivity index (χ1) is 13.8. The molecule has 7 heteroatoms. The number of ether oxygens (including phenoxy) is 1. The van der Waals surface area contributed by atoms with Gasteiger partial charge in [0.1, 0.15) is 23.5 Å². The number of rotatable bonds is 5. The van der Waals surface area contributed by atoms with Gasteiger partial charge in [0.15, 0.2) is 5.82 Å². The lowest BCUT2D eigenvalue weighted by molar-refractivity contribution is 0.254. The van der Waals surface area contributed by atoms with Gasteiger partial charge in [-0.1, -0.05) is 0 Å². The molecule has 1 aromatic carbocycles. The second-order valence-electron chi connectivity index (χ2n) is 6.99. The molecule has 1 N–H and O–H groups in total. The van der Waals surface area contributed by atoms with Crippen molar-refractivity contribution in [3.05, 3.63) is 66.5 Å². The van der Waals surface area contributed by atoms with Gasteiger partial charge < -0.3 is 9.30 Å². The van der Waals surface area contributed by atoms with Gasteiger partial charge in [-0.3, -0.25) is 10.1 Å². The lowest BCUT2D eigenvalue weighted by atomic mass is 10.1. The first-order valence-electron chi connectivity index (χ1n) is 9.39. The van der Waals surface area contributed by atoms with E-state index in [0.717, 1.165) is 47.9 Å². The summed E-state index contributed by atoms with van der Waals surface area (Å²) in [5.41, 5.74) is 3.31. The van der Waals surface area contributed by atoms with Gasteiger partial charge in [-0.2, -0.15) is 5.10 Å². The van der Waals surface area contributed by atoms with Crippen molar-refractivity contribution in [3.8, 4) is 28.5 Å². The number of pyridine rings is 1. The van der Waals surface area contributed by atoms with Crippen LogP contribution < -0.4 is 4.74 Å². The van der Waals surface area contributed by atoms with E-state index in [9.17, 15) is 0 Å². The van der Waals surface area contributed by atoms with Crippen molar-refractivity contribution >= 4 is 0 Å². The fourth-order valence-electron chi connectivity index (χ4n) is 3.57. The molecule has 0 saturated heterocycles. The average Bonchev–Trinajstić information content (AvgIpc) is 3.45. The summed E-state index contributed by atoms with van der Waals surface area (Å²) in [6.45, 7) is 2.86. The number of hydrogen-bond acceptors (Lipinski definition) is 5. The second kappa shape index (κ2) is 6.92. The van der Waals surface area contributed by atoms with Crippen molar-refractivity contribution in [2.24, 2.45) is 0 Å². The van der Waals surface area contributed by atoms with E-state index in [2.05, 4.69) is 48.8 Å². The quantitative estimate of drug-likeness (QED) is 0.581. The lowest BCUT2D eigenvalue weighted by Crippen LogP contribution is -2.05. The number of imidazole rings is 1. The Morgan fingerprint density at radius 2 is 2.04 bits per heavy atom. The Labute approximate surface area is 162 Å². The van der Waals surface area contributed by atoms with Crippen molar-refractivity contribution in [3.63, 3.8) is 0 Å². The Hall–Kier alpha value is -3.48. The number of hydrogen-bond donors (Lipinski definition) is 1. The van der Waals surface area contributed by atoms with Crippen molar-refractivity contribution in [2.75, 3.05) is 0 Å². The van der Waals surface area contributed by atoms with Crippen molar-refractivity contribution in [1.29, 1.82) is 0 Å². The van der Waals surface area contributed by atoms with Gasteiger partial charge in [0, 0.05) is 55.3 Å². The molecule has 4 heterocycles. The summed E-state index contributed by atoms with van der Waals surface area (Å²) in [6, 6.07) is 10.1. The van der Waals surface area contributed by atoms with Crippen LogP contribution in [0, 0.1) is 0 Å². The van der Waals surface area contributed by atoms with Gasteiger partial charge in [-0.15, -0.1) is 0 Å². The van der Waals surface area contributed by atoms with E-state index in [0.29, 0.717) is 5.82 Å². The van der Waals surface area contributed by atoms with Gasteiger partial charge in [-0.05, 0) is 42.8 Å². The molecule has 0 radical (unpaired) electrons. The zero-order valence-corrected chi connectivity index (χ0v) is 15.5. The van der Waals surface area contributed by atoms with Crippen molar-refractivity contribution in [2.45, 2.75) is 32.4 Å². The molecule has 1 atom stereocenters. The molecule has 0 aliphatic carbocycles. The Balaban J connectivity index is 1.33. The van der Waals surface area contributed by atoms with Crippen LogP contribution in [0.3, 0.4) is 0 Å². The van der Waals surface area contributed by atoms with Crippen LogP contribution in [0.25, 0.3) is 22.8 Å². The fraction of sp³-hybridized carbons (Fsp3) is 0.238. The highest BCUT2D eigenvalue weighted by Gasteiger charge is 2.20. The standard InChI is InChI=1S/C21H20N6O/c1-14-12-17-13-16(2-3-18(17)28-14)21-23-9-11-27(21)10-6-19-24-20(26-25-19)15-4-7-22-8-5-15/h2-5,7-9,11,13-14H,6,10,12H2,1H3,(H,24,25,26). The molecular formula is C21H20N6O. The van der Waals surface area contributed by atoms with Gasteiger partial charge in [0.2, 0.25) is 0 Å². The Morgan fingerprint density at radius 1 is 1.14 bits per heavy atom. The summed E-state index contributed by atoms with van der Waals surface area (Å²) >= 11 is 0. The highest BCUT2D eigenvalue weighted by Crippen LogP contribution is 2.32. The van der Waals surface area contributed by atoms with Crippen LogP contribution >= 0.6 is 0 Å². The van der Waals surface area contributed by atoms with Gasteiger partial charge in [-0.25, -0.2) is 9.97 Å². The van der Waals surface area contributed by atoms with Gasteiger partial charge in [0.25, 0.3) is 0 Å². The third-order valence-electron chi connectivity index (χ3n) is 4.93. The first-order valence-corrected chi connectivity index (χ1v) is 9.39. The highest BCUT2D eigenvalue weighted by atomic mass is 16.5. The van der Waals surface area contributed by atoms with Crippen LogP contribution in [0.15, 0.2) is 55.1 Å². The average molecular weight is 372 g/mol. The predicted molar refractivity (Wildman–Crippen MR) is 105 cm³/mol. The smallest absolute Gasteiger partial charge is 0.181 e. The maximum atomic E-state index is 5.80. The minimum atomic E-state index is 0.242. The molecule has 1 aliphatic rings. The normalized spacial score (nSPS) is 15.4. The third-order valence-corrected chi connectivity index (χ3v) is 4.93. The molecular weight excluding hydrogens is 352 g/mol. The van der Waals surface area contributed by atoms with E-state index in [1.54, 1.807) is 12.4 Å². The van der Waals surface area contributed by atoms with Gasteiger partial charge >= 0.3 is 0 Å². The molecule has 1 aliphatic heterocycles. The summed E-state index contributed by atoms with van der Waals surface area (Å²) in [5.74, 6) is 3.48. The Bertz CT molecular complexity index is 1100. The molecule has 3 aromatic heterocycles. The van der Waals surface area contributed by atoms with Crippen LogP contribution in [0.2, 0.25) is 0 Å². The zero-order chi connectivity index (χ0) is 18.9. The van der Waals surface area contributed by atoms with Gasteiger partial charge in [0.05, 0.1) is 0 Å². The third kappa shape index (κ3) is 3.15. The van der Waals surface area contributed by atoms with Crippen molar-refractivity contribution < 1.29 is 4.74 Å². The van der Waals surface area contributed by atoms with E-state index in [4.69, 9.17) is 4.74 Å². The number of H-pyrrole nitrogens is 1. The summed E-state index contributed by atoms with van der Waals surface area (Å²) in [6.07, 6.45) is 9.25. The topological polar surface area (TPSA) is 81.5 Å². The molecule has 0 amide bonds. The minimum absolute atomic E-state index is 0.242. The number of nitrogens with zero attached hydrogens (tertiary/aromatic N) is 5. The maximum Gasteiger partial charge on any atom is 0.181 e. The largest absolute Gasteiger partial charge is 0.490 e. The second-order valence-corrected chi connectivity index (χ2v) is 6.99. The molecule has 0 spiro atoms. The highest BCUT2D eigenvalue weighted by molar-refractivity contribution is 5.60. The Kier molecular flexibility index (Phi) is 4.12. The minimum Gasteiger partial charge on any atom is -0.490 e. The number of aromatic nitrogens is 6. The lowest BCUT2D eigenvalue weighted by Gasteiger charge is -2.08. The summed E-state index contributed by atoms with van der Waals surface area (Å²) in [4.78, 5) is 13.2. The maximum absolute atomic E-state index is 5.80. The number of fused-ring (bicyclic) bond motifs is 1. The Morgan fingerprint density at radius 3 is 2.93 bits per heavy atom. The van der Waals surface area contributed by atoms with Crippen LogP contribution in [-0.2, 0) is 19.4 Å². The first kappa shape index (κ1) is 16.7. The molecule has 7 nitrogen and oxygen atoms in total. The summed E-state index contributed by atoms with van der Waals surface area (Å²) in [5, 5.41) is 7.34. The molecule has 0 saturated carbocycles. The van der Waals surface area contributed by atoms with E-state index in [1.807, 2.05) is 30.6 Å². The van der Waals surface area contributed by atoms with Crippen LogP contribution in [0.5, 0.6) is 5.75 Å². The van der Waals surface area contributed by atoms with E-state index >= 15 is 0 Å². The molecule has 4 aromatic rings. The number of aromatic amines is 1. The zero-order valence-electron chi connectivity index (χ0n) is 15.5. The molecule has 1 unspecified atom stereocenters. The molecule has 140 valence electrons. The molecule has 28 heavy (non-hydrogen) atoms. The fourth-order valence-corrected chi connectivity index (χ4v) is 3.57. The molecule has 0 fully saturated rings. The molecule has 5 rings (SSSR count). The number of aryl methyl sites for hydroxylation is 2. The number of nitrogens with one attached hydrogen (secondary N) is 1. The van der Waals surface area contributed by atoms with Crippen LogP contribution in [0.4, 0.5) is 0 Å². The summed E-state index contributed by atoms with van der Waals surface area (Å²) in [7, 11) is 0. The van der Waals surface area contributed by atoms with E-state index in [-0.39, 0.29) is 6.10 Å². The summed E-state index contributed by atoms with van der Waals surface area (Å²) < 4.78 is 7.95. The monoisotopic (exact) mass is 372 g/mol. The SMILES string of the molecule is CC1Cc2cc(-c3nccn3CCc3nc(-c4ccncc4)n[nH]3)ccc2O1. The molecule has 0 bridgehead atoms. The van der Waals surface area contributed by atoms with Crippen LogP contribution in [0.1, 0.15) is 18.3 Å². The van der Waals surface area contributed by atoms with Crippen LogP contribution in [-0.4, -0.2) is 35.8 Å². The number of benzene rings is 1. The van der Waals surface area contributed by atoms with E-state index in [1.165, 1.54) is 5.56 Å². The van der Waals surface area contributed by atoms with E-state index < -0.39 is 0 Å².